The molecule has 1 aliphatic rings. The first kappa shape index (κ1) is 11.7. The summed E-state index contributed by atoms with van der Waals surface area (Å²) in [6.45, 7) is 3.64. The highest BCUT2D eigenvalue weighted by Crippen LogP contribution is 2.29. The van der Waals surface area contributed by atoms with Gasteiger partial charge in [0.25, 0.3) is 0 Å². The van der Waals surface area contributed by atoms with Gasteiger partial charge >= 0.3 is 0 Å². The first-order valence-electron chi connectivity index (χ1n) is 6.09. The van der Waals surface area contributed by atoms with Crippen molar-refractivity contribution in [2.75, 3.05) is 7.11 Å². The number of ether oxygens (including phenoxy) is 1. The molecule has 16 heavy (non-hydrogen) atoms. The predicted molar refractivity (Wildman–Crippen MR) is 63.1 cm³/mol. The summed E-state index contributed by atoms with van der Waals surface area (Å²) in [5.41, 5.74) is 0. The summed E-state index contributed by atoms with van der Waals surface area (Å²) >= 11 is 0. The summed E-state index contributed by atoms with van der Waals surface area (Å²) in [6.07, 6.45) is 4.15. The van der Waals surface area contributed by atoms with Crippen LogP contribution in [0.3, 0.4) is 0 Å². The number of methoxy groups -OCH3 is 1. The van der Waals surface area contributed by atoms with Crippen molar-refractivity contribution in [2.24, 2.45) is 5.92 Å². The zero-order valence-corrected chi connectivity index (χ0v) is 10.2. The van der Waals surface area contributed by atoms with E-state index in [1.807, 2.05) is 12.1 Å². The van der Waals surface area contributed by atoms with Crippen molar-refractivity contribution < 1.29 is 9.15 Å². The molecular weight excluding hydrogens is 202 g/mol. The van der Waals surface area contributed by atoms with Crippen LogP contribution >= 0.6 is 0 Å². The van der Waals surface area contributed by atoms with Crippen molar-refractivity contribution in [3.05, 3.63) is 23.7 Å². The van der Waals surface area contributed by atoms with Crippen LogP contribution in [0.25, 0.3) is 0 Å². The molecule has 1 heterocycles. The molecule has 0 radical (unpaired) electrons. The Hall–Kier alpha value is -0.800. The van der Waals surface area contributed by atoms with Crippen LogP contribution in [0.2, 0.25) is 0 Å². The SMILES string of the molecule is COCc1ccc(CNC(C)C2CCC2)o1. The molecule has 90 valence electrons. The number of furan rings is 1. The Morgan fingerprint density at radius 2 is 2.19 bits per heavy atom. The van der Waals surface area contributed by atoms with Gasteiger partial charge in [0, 0.05) is 13.2 Å². The van der Waals surface area contributed by atoms with Crippen molar-refractivity contribution in [1.29, 1.82) is 0 Å². The molecule has 3 nitrogen and oxygen atoms in total. The predicted octanol–water partition coefficient (Wildman–Crippen LogP) is 2.70. The van der Waals surface area contributed by atoms with Crippen LogP contribution in [0, 0.1) is 5.92 Å². The van der Waals surface area contributed by atoms with E-state index < -0.39 is 0 Å². The fraction of sp³-hybridized carbons (Fsp3) is 0.692. The molecule has 1 aromatic rings. The Labute approximate surface area is 97.2 Å². The number of nitrogens with one attached hydrogen (secondary N) is 1. The van der Waals surface area contributed by atoms with Gasteiger partial charge in [0.15, 0.2) is 0 Å². The Bertz CT molecular complexity index is 317. The third-order valence-corrected chi connectivity index (χ3v) is 3.46. The standard InChI is InChI=1S/C13H21NO2/c1-10(11-4-3-5-11)14-8-12-6-7-13(16-12)9-15-2/h6-7,10-11,14H,3-5,8-9H2,1-2H3. The molecule has 0 saturated heterocycles. The van der Waals surface area contributed by atoms with Crippen molar-refractivity contribution in [2.45, 2.75) is 45.4 Å². The topological polar surface area (TPSA) is 34.4 Å². The second-order valence-electron chi connectivity index (χ2n) is 4.66. The Morgan fingerprint density at radius 3 is 2.81 bits per heavy atom. The highest BCUT2D eigenvalue weighted by molar-refractivity contribution is 5.06. The first-order valence-corrected chi connectivity index (χ1v) is 6.09. The largest absolute Gasteiger partial charge is 0.462 e. The van der Waals surface area contributed by atoms with Crippen LogP contribution in [0.15, 0.2) is 16.5 Å². The van der Waals surface area contributed by atoms with Crippen molar-refractivity contribution in [3.8, 4) is 0 Å². The minimum atomic E-state index is 0.554. The number of hydrogen-bond donors (Lipinski definition) is 1. The molecule has 0 aliphatic heterocycles. The number of rotatable bonds is 6. The molecule has 1 aliphatic carbocycles. The molecule has 1 aromatic heterocycles. The molecule has 1 fully saturated rings. The summed E-state index contributed by atoms with van der Waals surface area (Å²) in [5.74, 6) is 2.77. The van der Waals surface area contributed by atoms with Crippen LogP contribution in [-0.2, 0) is 17.9 Å². The maximum atomic E-state index is 5.62. The Kier molecular flexibility index (Phi) is 4.02. The quantitative estimate of drug-likeness (QED) is 0.805. The van der Waals surface area contributed by atoms with Crippen LogP contribution in [-0.4, -0.2) is 13.2 Å². The van der Waals surface area contributed by atoms with Gasteiger partial charge < -0.3 is 14.5 Å². The summed E-state index contributed by atoms with van der Waals surface area (Å²) in [4.78, 5) is 0. The first-order chi connectivity index (χ1) is 7.79. The Morgan fingerprint density at radius 1 is 1.44 bits per heavy atom. The van der Waals surface area contributed by atoms with Crippen LogP contribution in [0.4, 0.5) is 0 Å². The Balaban J connectivity index is 1.75. The van der Waals surface area contributed by atoms with E-state index in [0.29, 0.717) is 12.6 Å². The van der Waals surface area contributed by atoms with E-state index in [9.17, 15) is 0 Å². The van der Waals surface area contributed by atoms with Crippen molar-refractivity contribution in [3.63, 3.8) is 0 Å². The molecule has 0 bridgehead atoms. The van der Waals surface area contributed by atoms with Crippen LogP contribution in [0.1, 0.15) is 37.7 Å². The lowest BCUT2D eigenvalue weighted by molar-refractivity contribution is 0.162. The van der Waals surface area contributed by atoms with E-state index >= 15 is 0 Å². The number of hydrogen-bond acceptors (Lipinski definition) is 3. The third-order valence-electron chi connectivity index (χ3n) is 3.46. The highest BCUT2D eigenvalue weighted by atomic mass is 16.5. The maximum absolute atomic E-state index is 5.62. The summed E-state index contributed by atoms with van der Waals surface area (Å²) in [7, 11) is 1.68. The zero-order valence-electron chi connectivity index (χ0n) is 10.2. The average Bonchev–Trinajstić information content (AvgIpc) is 2.61. The van der Waals surface area contributed by atoms with E-state index in [1.54, 1.807) is 7.11 Å². The molecule has 1 saturated carbocycles. The summed E-state index contributed by atoms with van der Waals surface area (Å²) in [6, 6.07) is 4.60. The average molecular weight is 223 g/mol. The van der Waals surface area contributed by atoms with Crippen LogP contribution in [0.5, 0.6) is 0 Å². The van der Waals surface area contributed by atoms with Crippen molar-refractivity contribution >= 4 is 0 Å². The molecule has 1 unspecified atom stereocenters. The lowest BCUT2D eigenvalue weighted by Crippen LogP contribution is -2.36. The lowest BCUT2D eigenvalue weighted by Gasteiger charge is -2.31. The smallest absolute Gasteiger partial charge is 0.129 e. The molecule has 0 spiro atoms. The molecule has 2 rings (SSSR count). The zero-order chi connectivity index (χ0) is 11.4. The fourth-order valence-electron chi connectivity index (χ4n) is 2.11. The second kappa shape index (κ2) is 5.51. The minimum Gasteiger partial charge on any atom is -0.462 e. The van der Waals surface area contributed by atoms with Gasteiger partial charge in [0.1, 0.15) is 18.1 Å². The summed E-state index contributed by atoms with van der Waals surface area (Å²) < 4.78 is 10.6. The van der Waals surface area contributed by atoms with Gasteiger partial charge in [-0.15, -0.1) is 0 Å². The monoisotopic (exact) mass is 223 g/mol. The van der Waals surface area contributed by atoms with Gasteiger partial charge in [-0.25, -0.2) is 0 Å². The van der Waals surface area contributed by atoms with E-state index in [2.05, 4.69) is 12.2 Å². The van der Waals surface area contributed by atoms with Gasteiger partial charge in [-0.1, -0.05) is 6.42 Å². The summed E-state index contributed by atoms with van der Waals surface area (Å²) in [5, 5.41) is 3.52. The maximum Gasteiger partial charge on any atom is 0.129 e. The molecule has 0 aromatic carbocycles. The van der Waals surface area contributed by atoms with Gasteiger partial charge in [-0.05, 0) is 37.8 Å². The van der Waals surface area contributed by atoms with E-state index in [-0.39, 0.29) is 0 Å². The van der Waals surface area contributed by atoms with E-state index in [1.165, 1.54) is 19.3 Å². The van der Waals surface area contributed by atoms with Gasteiger partial charge in [0.2, 0.25) is 0 Å². The third kappa shape index (κ3) is 2.86. The highest BCUT2D eigenvalue weighted by Gasteiger charge is 2.23. The molecular formula is C13H21NO2. The lowest BCUT2D eigenvalue weighted by atomic mass is 9.80. The van der Waals surface area contributed by atoms with E-state index in [4.69, 9.17) is 9.15 Å². The second-order valence-corrected chi connectivity index (χ2v) is 4.66. The normalized spacial score (nSPS) is 18.4. The molecule has 3 heteroatoms. The van der Waals surface area contributed by atoms with Gasteiger partial charge in [-0.3, -0.25) is 0 Å². The molecule has 1 atom stereocenters. The fourth-order valence-corrected chi connectivity index (χ4v) is 2.11. The van der Waals surface area contributed by atoms with Crippen LogP contribution < -0.4 is 5.32 Å². The molecule has 1 N–H and O–H groups in total. The minimum absolute atomic E-state index is 0.554. The van der Waals surface area contributed by atoms with Crippen molar-refractivity contribution in [1.82, 2.24) is 5.32 Å². The van der Waals surface area contributed by atoms with Gasteiger partial charge in [0.05, 0.1) is 6.54 Å². The van der Waals surface area contributed by atoms with E-state index in [0.717, 1.165) is 24.0 Å². The van der Waals surface area contributed by atoms with Gasteiger partial charge in [-0.2, -0.15) is 0 Å². The molecule has 0 amide bonds.